The maximum Gasteiger partial charge on any atom is 0.416 e. The van der Waals surface area contributed by atoms with Crippen molar-refractivity contribution in [3.05, 3.63) is 88.5 Å². The van der Waals surface area contributed by atoms with Gasteiger partial charge in [0.1, 0.15) is 6.33 Å². The number of ketones is 1. The second-order valence-corrected chi connectivity index (χ2v) is 10.5. The van der Waals surface area contributed by atoms with E-state index in [1.807, 2.05) is 43.1 Å². The molecule has 0 bridgehead atoms. The van der Waals surface area contributed by atoms with Crippen molar-refractivity contribution in [2.45, 2.75) is 38.5 Å². The molecule has 4 rings (SSSR count). The number of nitrogens with zero attached hydrogens (tertiary/aromatic N) is 5. The van der Waals surface area contributed by atoms with Gasteiger partial charge in [0, 0.05) is 44.7 Å². The predicted molar refractivity (Wildman–Crippen MR) is 142 cm³/mol. The molecule has 3 aromatic rings. The van der Waals surface area contributed by atoms with Gasteiger partial charge in [0.25, 0.3) is 0 Å². The van der Waals surface area contributed by atoms with E-state index < -0.39 is 11.7 Å². The van der Waals surface area contributed by atoms with E-state index in [1.54, 1.807) is 24.5 Å². The summed E-state index contributed by atoms with van der Waals surface area (Å²) in [6, 6.07) is 9.65. The number of anilines is 1. The average Bonchev–Trinajstić information content (AvgIpc) is 2.87. The molecule has 0 saturated heterocycles. The van der Waals surface area contributed by atoms with Crippen molar-refractivity contribution in [1.82, 2.24) is 19.8 Å². The van der Waals surface area contributed by atoms with Gasteiger partial charge in [-0.1, -0.05) is 25.1 Å². The molecule has 1 unspecified atom stereocenters. The standard InChI is InChI=1S/C29H34F3N5O/c1-20-16-37(26-14-33-19-34-15-26)18-24-13-23(5-6-27(20)24)28(38)12-21-9-22(11-25(10-21)29(30,31)32)17-36(4)8-7-35(2)3/h5-6,9-11,13-15,19-20H,7-8,12,16-18H2,1-4H3. The molecular weight excluding hydrogens is 491 g/mol. The minimum atomic E-state index is -4.48. The van der Waals surface area contributed by atoms with Crippen LogP contribution in [0.15, 0.2) is 55.1 Å². The summed E-state index contributed by atoms with van der Waals surface area (Å²) in [4.78, 5) is 27.7. The largest absolute Gasteiger partial charge is 0.416 e. The van der Waals surface area contributed by atoms with Crippen LogP contribution in [0, 0.1) is 0 Å². The molecule has 0 radical (unpaired) electrons. The molecule has 0 fully saturated rings. The van der Waals surface area contributed by atoms with Gasteiger partial charge in [0.2, 0.25) is 0 Å². The van der Waals surface area contributed by atoms with Crippen LogP contribution in [0.25, 0.3) is 0 Å². The number of hydrogen-bond acceptors (Lipinski definition) is 6. The van der Waals surface area contributed by atoms with Gasteiger partial charge in [-0.3, -0.25) is 4.79 Å². The first kappa shape index (κ1) is 27.7. The van der Waals surface area contributed by atoms with Gasteiger partial charge < -0.3 is 14.7 Å². The number of hydrogen-bond donors (Lipinski definition) is 0. The van der Waals surface area contributed by atoms with Crippen LogP contribution in [0.2, 0.25) is 0 Å². The summed E-state index contributed by atoms with van der Waals surface area (Å²) in [5, 5.41) is 0. The van der Waals surface area contributed by atoms with Gasteiger partial charge in [-0.05, 0) is 67.5 Å². The summed E-state index contributed by atoms with van der Waals surface area (Å²) < 4.78 is 41.0. The summed E-state index contributed by atoms with van der Waals surface area (Å²) in [6.45, 7) is 5.44. The zero-order valence-electron chi connectivity index (χ0n) is 22.3. The minimum Gasteiger partial charge on any atom is -0.364 e. The van der Waals surface area contributed by atoms with Crippen molar-refractivity contribution in [2.24, 2.45) is 0 Å². The molecule has 38 heavy (non-hydrogen) atoms. The van der Waals surface area contributed by atoms with Crippen LogP contribution in [0.1, 0.15) is 51.0 Å². The Hall–Kier alpha value is -3.30. The van der Waals surface area contributed by atoms with E-state index in [9.17, 15) is 18.0 Å². The SMILES string of the molecule is CC1CN(c2cncnc2)Cc2cc(C(=O)Cc3cc(CN(C)CCN(C)C)cc(C(F)(F)F)c3)ccc21. The summed E-state index contributed by atoms with van der Waals surface area (Å²) in [7, 11) is 5.79. The van der Waals surface area contributed by atoms with E-state index in [4.69, 9.17) is 0 Å². The maximum atomic E-state index is 13.7. The Balaban J connectivity index is 1.55. The van der Waals surface area contributed by atoms with Gasteiger partial charge in [-0.25, -0.2) is 9.97 Å². The Morgan fingerprint density at radius 3 is 2.42 bits per heavy atom. The summed E-state index contributed by atoms with van der Waals surface area (Å²) in [6.07, 6.45) is 0.444. The third-order valence-electron chi connectivity index (χ3n) is 6.89. The highest BCUT2D eigenvalue weighted by molar-refractivity contribution is 5.97. The van der Waals surface area contributed by atoms with Crippen molar-refractivity contribution in [3.8, 4) is 0 Å². The molecular formula is C29H34F3N5O. The molecule has 1 aliphatic heterocycles. The van der Waals surface area contributed by atoms with Gasteiger partial charge >= 0.3 is 6.18 Å². The number of rotatable bonds is 9. The lowest BCUT2D eigenvalue weighted by Gasteiger charge is -2.34. The molecule has 9 heteroatoms. The lowest BCUT2D eigenvalue weighted by atomic mass is 9.88. The highest BCUT2D eigenvalue weighted by atomic mass is 19.4. The number of halogens is 3. The number of likely N-dealkylation sites (N-methyl/N-ethyl adjacent to an activating group) is 2. The Labute approximate surface area is 222 Å². The Kier molecular flexibility index (Phi) is 8.47. The molecule has 0 spiro atoms. The zero-order valence-corrected chi connectivity index (χ0v) is 22.3. The van der Waals surface area contributed by atoms with E-state index >= 15 is 0 Å². The van der Waals surface area contributed by atoms with Crippen molar-refractivity contribution in [2.75, 3.05) is 45.7 Å². The Morgan fingerprint density at radius 2 is 1.74 bits per heavy atom. The molecule has 1 aliphatic rings. The molecule has 2 heterocycles. The van der Waals surface area contributed by atoms with E-state index in [-0.39, 0.29) is 18.1 Å². The van der Waals surface area contributed by atoms with E-state index in [1.165, 1.54) is 18.0 Å². The summed E-state index contributed by atoms with van der Waals surface area (Å²) >= 11 is 0. The summed E-state index contributed by atoms with van der Waals surface area (Å²) in [5.41, 5.74) is 3.82. The molecule has 1 atom stereocenters. The van der Waals surface area contributed by atoms with Gasteiger partial charge in [0.05, 0.1) is 23.6 Å². The smallest absolute Gasteiger partial charge is 0.364 e. The van der Waals surface area contributed by atoms with Crippen LogP contribution < -0.4 is 4.90 Å². The van der Waals surface area contributed by atoms with Crippen LogP contribution in [-0.4, -0.2) is 66.3 Å². The van der Waals surface area contributed by atoms with Crippen molar-refractivity contribution < 1.29 is 18.0 Å². The van der Waals surface area contributed by atoms with Crippen molar-refractivity contribution in [3.63, 3.8) is 0 Å². The Morgan fingerprint density at radius 1 is 1.03 bits per heavy atom. The van der Waals surface area contributed by atoms with E-state index in [0.717, 1.165) is 37.0 Å². The van der Waals surface area contributed by atoms with Crippen LogP contribution in [0.4, 0.5) is 18.9 Å². The Bertz CT molecular complexity index is 1260. The maximum absolute atomic E-state index is 13.7. The summed E-state index contributed by atoms with van der Waals surface area (Å²) in [5.74, 6) is 0.0467. The average molecular weight is 526 g/mol. The molecule has 0 amide bonds. The van der Waals surface area contributed by atoms with Gasteiger partial charge in [-0.15, -0.1) is 0 Å². The quantitative estimate of drug-likeness (QED) is 0.365. The van der Waals surface area contributed by atoms with Crippen molar-refractivity contribution >= 4 is 11.5 Å². The molecule has 1 aromatic heterocycles. The topological polar surface area (TPSA) is 52.6 Å². The number of carbonyl (C=O) groups is 1. The monoisotopic (exact) mass is 525 g/mol. The van der Waals surface area contributed by atoms with E-state index in [0.29, 0.717) is 29.8 Å². The fourth-order valence-electron chi connectivity index (χ4n) is 4.92. The molecule has 0 N–H and O–H groups in total. The fraction of sp³-hybridized carbons (Fsp3) is 0.414. The second-order valence-electron chi connectivity index (χ2n) is 10.5. The first-order valence-corrected chi connectivity index (χ1v) is 12.7. The van der Waals surface area contributed by atoms with Crippen molar-refractivity contribution in [1.29, 1.82) is 0 Å². The number of Topliss-reactive ketones (excluding diaryl/α,β-unsaturated/α-hetero) is 1. The third kappa shape index (κ3) is 6.96. The molecule has 202 valence electrons. The predicted octanol–water partition coefficient (Wildman–Crippen LogP) is 5.04. The molecule has 6 nitrogen and oxygen atoms in total. The van der Waals surface area contributed by atoms with Crippen LogP contribution >= 0.6 is 0 Å². The molecule has 0 aliphatic carbocycles. The highest BCUT2D eigenvalue weighted by Gasteiger charge is 2.31. The normalized spacial score (nSPS) is 15.7. The highest BCUT2D eigenvalue weighted by Crippen LogP contribution is 2.33. The lowest BCUT2D eigenvalue weighted by molar-refractivity contribution is -0.137. The van der Waals surface area contributed by atoms with E-state index in [2.05, 4.69) is 21.8 Å². The number of carbonyl (C=O) groups excluding carboxylic acids is 1. The minimum absolute atomic E-state index is 0.0943. The van der Waals surface area contributed by atoms with Crippen LogP contribution in [0.5, 0.6) is 0 Å². The van der Waals surface area contributed by atoms with Gasteiger partial charge in [-0.2, -0.15) is 13.2 Å². The second kappa shape index (κ2) is 11.6. The lowest BCUT2D eigenvalue weighted by Crippen LogP contribution is -2.33. The van der Waals surface area contributed by atoms with Crippen LogP contribution in [-0.2, 0) is 25.7 Å². The van der Waals surface area contributed by atoms with Gasteiger partial charge in [0.15, 0.2) is 5.78 Å². The van der Waals surface area contributed by atoms with Crippen LogP contribution in [0.3, 0.4) is 0 Å². The zero-order chi connectivity index (χ0) is 27.4. The third-order valence-corrected chi connectivity index (χ3v) is 6.89. The number of aromatic nitrogens is 2. The molecule has 0 saturated carbocycles. The molecule has 2 aromatic carbocycles. The number of fused-ring (bicyclic) bond motifs is 1. The number of benzene rings is 2. The fourth-order valence-corrected chi connectivity index (χ4v) is 4.92. The first-order chi connectivity index (χ1) is 18.0. The number of alkyl halides is 3. The first-order valence-electron chi connectivity index (χ1n) is 12.7.